The molecule has 0 fully saturated rings. The third-order valence-electron chi connectivity index (χ3n) is 1.39. The molecule has 0 aliphatic carbocycles. The fourth-order valence-corrected chi connectivity index (χ4v) is 0.721. The van der Waals surface area contributed by atoms with Crippen LogP contribution in [0.4, 0.5) is 0 Å². The standard InChI is InChI=1S/C7H9NO4/c8-4-3-5(7(11)12)1-2-6(9)10/h5H,1-3H2,(H,9,10)(H,11,12). The first-order valence-electron chi connectivity index (χ1n) is 3.39. The van der Waals surface area contributed by atoms with Gasteiger partial charge in [0, 0.05) is 12.8 Å². The lowest BCUT2D eigenvalue weighted by atomic mass is 10.0. The normalized spacial score (nSPS) is 11.6. The number of aliphatic carboxylic acids is 2. The molecule has 1 unspecified atom stereocenters. The molecule has 2 N–H and O–H groups in total. The van der Waals surface area contributed by atoms with Crippen LogP contribution in [0.3, 0.4) is 0 Å². The second-order valence-corrected chi connectivity index (χ2v) is 2.33. The Morgan fingerprint density at radius 2 is 2.00 bits per heavy atom. The van der Waals surface area contributed by atoms with Crippen LogP contribution >= 0.6 is 0 Å². The van der Waals surface area contributed by atoms with E-state index >= 15 is 0 Å². The van der Waals surface area contributed by atoms with Crippen molar-refractivity contribution < 1.29 is 19.8 Å². The van der Waals surface area contributed by atoms with Gasteiger partial charge in [-0.2, -0.15) is 5.26 Å². The number of carboxylic acid groups (broad SMARTS) is 2. The Labute approximate surface area is 69.2 Å². The van der Waals surface area contributed by atoms with Crippen LogP contribution in [-0.2, 0) is 9.59 Å². The molecule has 0 bridgehead atoms. The molecule has 0 aliphatic rings. The molecule has 0 aliphatic heterocycles. The molecule has 66 valence electrons. The summed E-state index contributed by atoms with van der Waals surface area (Å²) in [6.45, 7) is 0. The van der Waals surface area contributed by atoms with Crippen LogP contribution in [0.25, 0.3) is 0 Å². The van der Waals surface area contributed by atoms with Gasteiger partial charge in [-0.15, -0.1) is 0 Å². The summed E-state index contributed by atoms with van der Waals surface area (Å²) in [6, 6.07) is 1.70. The van der Waals surface area contributed by atoms with Crippen molar-refractivity contribution in [1.29, 1.82) is 5.26 Å². The van der Waals surface area contributed by atoms with Gasteiger partial charge in [0.05, 0.1) is 12.0 Å². The largest absolute Gasteiger partial charge is 0.481 e. The van der Waals surface area contributed by atoms with Crippen molar-refractivity contribution >= 4 is 11.9 Å². The Balaban J connectivity index is 3.89. The monoisotopic (exact) mass is 171 g/mol. The number of carbonyl (C=O) groups is 2. The van der Waals surface area contributed by atoms with Crippen molar-refractivity contribution in [3.05, 3.63) is 0 Å². The molecule has 0 aromatic rings. The minimum Gasteiger partial charge on any atom is -0.481 e. The third kappa shape index (κ3) is 4.28. The molecular weight excluding hydrogens is 162 g/mol. The summed E-state index contributed by atoms with van der Waals surface area (Å²) in [5.41, 5.74) is 0. The highest BCUT2D eigenvalue weighted by molar-refractivity contribution is 5.72. The average Bonchev–Trinajstić information content (AvgIpc) is 1.96. The number of rotatable bonds is 5. The van der Waals surface area contributed by atoms with Gasteiger partial charge in [-0.25, -0.2) is 0 Å². The Kier molecular flexibility index (Phi) is 4.46. The highest BCUT2D eigenvalue weighted by Crippen LogP contribution is 2.10. The van der Waals surface area contributed by atoms with E-state index in [-0.39, 0.29) is 19.3 Å². The molecule has 12 heavy (non-hydrogen) atoms. The lowest BCUT2D eigenvalue weighted by molar-refractivity contribution is -0.142. The van der Waals surface area contributed by atoms with E-state index in [9.17, 15) is 9.59 Å². The van der Waals surface area contributed by atoms with Crippen molar-refractivity contribution in [3.8, 4) is 6.07 Å². The minimum atomic E-state index is -1.11. The van der Waals surface area contributed by atoms with Gasteiger partial charge in [0.1, 0.15) is 0 Å². The van der Waals surface area contributed by atoms with Gasteiger partial charge < -0.3 is 10.2 Å². The van der Waals surface area contributed by atoms with Gasteiger partial charge in [0.15, 0.2) is 0 Å². The highest BCUT2D eigenvalue weighted by Gasteiger charge is 2.17. The fourth-order valence-electron chi connectivity index (χ4n) is 0.721. The van der Waals surface area contributed by atoms with Gasteiger partial charge in [0.25, 0.3) is 0 Å². The summed E-state index contributed by atoms with van der Waals surface area (Å²) in [5, 5.41) is 24.9. The molecular formula is C7H9NO4. The topological polar surface area (TPSA) is 98.4 Å². The van der Waals surface area contributed by atoms with Crippen LogP contribution in [0, 0.1) is 17.2 Å². The van der Waals surface area contributed by atoms with Crippen molar-refractivity contribution in [2.75, 3.05) is 0 Å². The molecule has 1 atom stereocenters. The van der Waals surface area contributed by atoms with E-state index in [2.05, 4.69) is 0 Å². The molecule has 0 radical (unpaired) electrons. The summed E-state index contributed by atoms with van der Waals surface area (Å²) in [7, 11) is 0. The van der Waals surface area contributed by atoms with E-state index in [0.717, 1.165) is 0 Å². The highest BCUT2D eigenvalue weighted by atomic mass is 16.4. The Hall–Kier alpha value is -1.57. The van der Waals surface area contributed by atoms with Crippen molar-refractivity contribution in [2.45, 2.75) is 19.3 Å². The number of nitriles is 1. The molecule has 0 amide bonds. The van der Waals surface area contributed by atoms with Crippen LogP contribution in [-0.4, -0.2) is 22.2 Å². The van der Waals surface area contributed by atoms with Crippen LogP contribution in [0.2, 0.25) is 0 Å². The zero-order valence-corrected chi connectivity index (χ0v) is 6.36. The minimum absolute atomic E-state index is 0.0121. The van der Waals surface area contributed by atoms with E-state index in [1.807, 2.05) is 0 Å². The zero-order chi connectivity index (χ0) is 9.56. The molecule has 0 saturated heterocycles. The van der Waals surface area contributed by atoms with E-state index in [0.29, 0.717) is 0 Å². The van der Waals surface area contributed by atoms with Gasteiger partial charge in [-0.1, -0.05) is 0 Å². The number of carboxylic acids is 2. The quantitative estimate of drug-likeness (QED) is 0.626. The second-order valence-electron chi connectivity index (χ2n) is 2.33. The van der Waals surface area contributed by atoms with E-state index in [1.165, 1.54) is 0 Å². The molecule has 5 heteroatoms. The maximum atomic E-state index is 10.4. The first-order chi connectivity index (χ1) is 5.57. The number of hydrogen-bond acceptors (Lipinski definition) is 3. The zero-order valence-electron chi connectivity index (χ0n) is 6.36. The third-order valence-corrected chi connectivity index (χ3v) is 1.39. The average molecular weight is 171 g/mol. The van der Waals surface area contributed by atoms with Crippen LogP contribution < -0.4 is 0 Å². The first-order valence-corrected chi connectivity index (χ1v) is 3.39. The van der Waals surface area contributed by atoms with Crippen molar-refractivity contribution in [1.82, 2.24) is 0 Å². The van der Waals surface area contributed by atoms with Crippen molar-refractivity contribution in [3.63, 3.8) is 0 Å². The molecule has 0 aromatic heterocycles. The second kappa shape index (κ2) is 5.13. The first kappa shape index (κ1) is 10.4. The Morgan fingerprint density at radius 1 is 1.42 bits per heavy atom. The SMILES string of the molecule is N#CCC(CCC(=O)O)C(=O)O. The van der Waals surface area contributed by atoms with Gasteiger partial charge >= 0.3 is 11.9 Å². The van der Waals surface area contributed by atoms with Crippen LogP contribution in [0.15, 0.2) is 0 Å². The molecule has 0 heterocycles. The van der Waals surface area contributed by atoms with E-state index < -0.39 is 17.9 Å². The predicted octanol–water partition coefficient (Wildman–Crippen LogP) is 0.466. The summed E-state index contributed by atoms with van der Waals surface area (Å²) < 4.78 is 0. The van der Waals surface area contributed by atoms with E-state index in [4.69, 9.17) is 15.5 Å². The summed E-state index contributed by atoms with van der Waals surface area (Å²) in [4.78, 5) is 20.4. The fraction of sp³-hybridized carbons (Fsp3) is 0.571. The van der Waals surface area contributed by atoms with E-state index in [1.54, 1.807) is 6.07 Å². The molecule has 0 spiro atoms. The van der Waals surface area contributed by atoms with Crippen molar-refractivity contribution in [2.24, 2.45) is 5.92 Å². The summed E-state index contributed by atoms with van der Waals surface area (Å²) >= 11 is 0. The molecule has 0 rings (SSSR count). The number of hydrogen-bond donors (Lipinski definition) is 2. The lowest BCUT2D eigenvalue weighted by Crippen LogP contribution is -2.14. The summed E-state index contributed by atoms with van der Waals surface area (Å²) in [5.74, 6) is -3.01. The maximum Gasteiger partial charge on any atom is 0.307 e. The maximum absolute atomic E-state index is 10.4. The molecule has 0 aromatic carbocycles. The van der Waals surface area contributed by atoms with Gasteiger partial charge in [0.2, 0.25) is 0 Å². The van der Waals surface area contributed by atoms with Crippen LogP contribution in [0.1, 0.15) is 19.3 Å². The molecule has 5 nitrogen and oxygen atoms in total. The number of nitrogens with zero attached hydrogens (tertiary/aromatic N) is 1. The Bertz CT molecular complexity index is 218. The Morgan fingerprint density at radius 3 is 2.33 bits per heavy atom. The smallest absolute Gasteiger partial charge is 0.307 e. The summed E-state index contributed by atoms with van der Waals surface area (Å²) in [6.07, 6.45) is -0.334. The van der Waals surface area contributed by atoms with Gasteiger partial charge in [-0.3, -0.25) is 9.59 Å². The lowest BCUT2D eigenvalue weighted by Gasteiger charge is -2.04. The van der Waals surface area contributed by atoms with Crippen LogP contribution in [0.5, 0.6) is 0 Å². The molecule has 0 saturated carbocycles. The van der Waals surface area contributed by atoms with Gasteiger partial charge in [-0.05, 0) is 6.42 Å². The predicted molar refractivity (Wildman–Crippen MR) is 38.2 cm³/mol.